The average Bonchev–Trinajstić information content (AvgIpc) is 3.11. The van der Waals surface area contributed by atoms with Gasteiger partial charge in [0.25, 0.3) is 0 Å². The summed E-state index contributed by atoms with van der Waals surface area (Å²) in [5.74, 6) is 1.31. The van der Waals surface area contributed by atoms with Crippen LogP contribution in [0.5, 0.6) is 5.75 Å². The van der Waals surface area contributed by atoms with Gasteiger partial charge in [0.1, 0.15) is 11.3 Å². The fourth-order valence-electron chi connectivity index (χ4n) is 2.51. The number of halogens is 1. The number of aliphatic imine (C=N–C) groups is 1. The molecule has 0 aliphatic rings. The van der Waals surface area contributed by atoms with E-state index in [1.807, 2.05) is 48.5 Å². The third-order valence-electron chi connectivity index (χ3n) is 3.82. The highest BCUT2D eigenvalue weighted by atomic mass is 79.9. The minimum absolute atomic E-state index is 0.548. The summed E-state index contributed by atoms with van der Waals surface area (Å²) in [6, 6.07) is 15.2. The van der Waals surface area contributed by atoms with E-state index in [1.165, 1.54) is 0 Å². The lowest BCUT2D eigenvalue weighted by Crippen LogP contribution is -1.87. The zero-order valence-corrected chi connectivity index (χ0v) is 15.5. The molecule has 0 unspecified atom stereocenters. The number of oxazole rings is 1. The summed E-state index contributed by atoms with van der Waals surface area (Å²) in [6.07, 6.45) is 5.24. The molecule has 128 valence electrons. The van der Waals surface area contributed by atoms with Gasteiger partial charge in [0.2, 0.25) is 5.89 Å². The maximum absolute atomic E-state index is 5.79. The van der Waals surface area contributed by atoms with Crippen LogP contribution in [0.2, 0.25) is 0 Å². The monoisotopic (exact) mass is 407 g/mol. The highest BCUT2D eigenvalue weighted by molar-refractivity contribution is 9.10. The summed E-state index contributed by atoms with van der Waals surface area (Å²) in [4.78, 5) is 13.1. The minimum atomic E-state index is 0.548. The van der Waals surface area contributed by atoms with Gasteiger partial charge in [-0.1, -0.05) is 6.07 Å². The normalized spacial score (nSPS) is 11.3. The van der Waals surface area contributed by atoms with Crippen molar-refractivity contribution in [3.8, 4) is 17.2 Å². The maximum atomic E-state index is 5.79. The van der Waals surface area contributed by atoms with Crippen LogP contribution in [0.3, 0.4) is 0 Å². The summed E-state index contributed by atoms with van der Waals surface area (Å²) in [5, 5.41) is 0. The van der Waals surface area contributed by atoms with Gasteiger partial charge in [0.15, 0.2) is 5.58 Å². The lowest BCUT2D eigenvalue weighted by Gasteiger charge is -2.03. The molecule has 0 atom stereocenters. The van der Waals surface area contributed by atoms with E-state index in [2.05, 4.69) is 30.9 Å². The van der Waals surface area contributed by atoms with Crippen molar-refractivity contribution in [2.75, 3.05) is 7.11 Å². The molecule has 0 bridgehead atoms. The van der Waals surface area contributed by atoms with Gasteiger partial charge in [0, 0.05) is 18.6 Å². The Morgan fingerprint density at radius 3 is 2.88 bits per heavy atom. The van der Waals surface area contributed by atoms with Crippen LogP contribution >= 0.6 is 15.9 Å². The van der Waals surface area contributed by atoms with Crippen LogP contribution in [0.1, 0.15) is 5.56 Å². The van der Waals surface area contributed by atoms with Crippen molar-refractivity contribution in [2.45, 2.75) is 0 Å². The highest BCUT2D eigenvalue weighted by Gasteiger charge is 2.08. The van der Waals surface area contributed by atoms with Gasteiger partial charge >= 0.3 is 0 Å². The molecular formula is C20H14BrN3O2. The maximum Gasteiger partial charge on any atom is 0.228 e. The number of rotatable bonds is 4. The van der Waals surface area contributed by atoms with Crippen LogP contribution in [0, 0.1) is 0 Å². The molecule has 0 saturated carbocycles. The first-order valence-electron chi connectivity index (χ1n) is 7.91. The van der Waals surface area contributed by atoms with Gasteiger partial charge in [-0.25, -0.2) is 4.98 Å². The zero-order valence-electron chi connectivity index (χ0n) is 13.9. The van der Waals surface area contributed by atoms with Crippen LogP contribution < -0.4 is 4.74 Å². The first-order valence-corrected chi connectivity index (χ1v) is 8.71. The van der Waals surface area contributed by atoms with Crippen molar-refractivity contribution >= 4 is 38.9 Å². The van der Waals surface area contributed by atoms with Gasteiger partial charge < -0.3 is 9.15 Å². The molecule has 0 aliphatic heterocycles. The van der Waals surface area contributed by atoms with E-state index in [4.69, 9.17) is 9.15 Å². The van der Waals surface area contributed by atoms with E-state index >= 15 is 0 Å². The number of nitrogens with zero attached hydrogens (tertiary/aromatic N) is 3. The molecule has 0 radical (unpaired) electrons. The standard InChI is InChI=1S/C20H14BrN3O2/c1-25-19-9-13(4-6-16(19)21)11-23-15-5-7-18-17(10-15)24-20(26-18)14-3-2-8-22-12-14/h2-12H,1H3. The molecule has 0 N–H and O–H groups in total. The molecule has 0 saturated heterocycles. The molecule has 2 aromatic heterocycles. The Hall–Kier alpha value is -2.99. The molecule has 5 nitrogen and oxygen atoms in total. The predicted molar refractivity (Wildman–Crippen MR) is 105 cm³/mol. The van der Waals surface area contributed by atoms with Crippen LogP contribution in [0.25, 0.3) is 22.6 Å². The number of aromatic nitrogens is 2. The van der Waals surface area contributed by atoms with E-state index in [0.29, 0.717) is 11.5 Å². The highest BCUT2D eigenvalue weighted by Crippen LogP contribution is 2.27. The van der Waals surface area contributed by atoms with Gasteiger partial charge in [0.05, 0.1) is 22.8 Å². The van der Waals surface area contributed by atoms with E-state index in [9.17, 15) is 0 Å². The van der Waals surface area contributed by atoms with Crippen molar-refractivity contribution in [1.29, 1.82) is 0 Å². The van der Waals surface area contributed by atoms with Crippen molar-refractivity contribution in [3.63, 3.8) is 0 Å². The number of hydrogen-bond donors (Lipinski definition) is 0. The Kier molecular flexibility index (Phi) is 4.50. The lowest BCUT2D eigenvalue weighted by atomic mass is 10.2. The van der Waals surface area contributed by atoms with Crippen molar-refractivity contribution < 1.29 is 9.15 Å². The molecule has 0 spiro atoms. The Morgan fingerprint density at radius 2 is 2.08 bits per heavy atom. The van der Waals surface area contributed by atoms with Crippen molar-refractivity contribution in [2.24, 2.45) is 4.99 Å². The van der Waals surface area contributed by atoms with Crippen LogP contribution in [0.4, 0.5) is 5.69 Å². The van der Waals surface area contributed by atoms with Gasteiger partial charge in [-0.05, 0) is 64.0 Å². The summed E-state index contributed by atoms with van der Waals surface area (Å²) in [5.41, 5.74) is 4.06. The first-order chi connectivity index (χ1) is 12.7. The second kappa shape index (κ2) is 7.09. The molecule has 4 aromatic rings. The van der Waals surface area contributed by atoms with Crippen LogP contribution in [0.15, 0.2) is 74.8 Å². The Bertz CT molecular complexity index is 1090. The largest absolute Gasteiger partial charge is 0.496 e. The number of pyridine rings is 1. The Balaban J connectivity index is 1.63. The molecule has 2 heterocycles. The van der Waals surface area contributed by atoms with Gasteiger partial charge in [-0.2, -0.15) is 0 Å². The summed E-state index contributed by atoms with van der Waals surface area (Å²) in [6.45, 7) is 0. The van der Waals surface area contributed by atoms with E-state index in [1.54, 1.807) is 25.7 Å². The number of hydrogen-bond acceptors (Lipinski definition) is 5. The SMILES string of the molecule is COc1cc(C=Nc2ccc3oc(-c4cccnc4)nc3c2)ccc1Br. The molecular weight excluding hydrogens is 394 g/mol. The van der Waals surface area contributed by atoms with E-state index < -0.39 is 0 Å². The molecule has 0 aliphatic carbocycles. The quantitative estimate of drug-likeness (QED) is 0.424. The fourth-order valence-corrected chi connectivity index (χ4v) is 2.92. The Labute approximate surface area is 158 Å². The average molecular weight is 408 g/mol. The summed E-state index contributed by atoms with van der Waals surface area (Å²) in [7, 11) is 1.64. The summed E-state index contributed by atoms with van der Waals surface area (Å²) < 4.78 is 12.0. The van der Waals surface area contributed by atoms with Gasteiger partial charge in [-0.15, -0.1) is 0 Å². The number of ether oxygens (including phenoxy) is 1. The van der Waals surface area contributed by atoms with Crippen LogP contribution in [-0.4, -0.2) is 23.3 Å². The minimum Gasteiger partial charge on any atom is -0.496 e. The molecule has 0 fully saturated rings. The fraction of sp³-hybridized carbons (Fsp3) is 0.0500. The molecule has 6 heteroatoms. The number of methoxy groups -OCH3 is 1. The predicted octanol–water partition coefficient (Wildman–Crippen LogP) is 5.41. The topological polar surface area (TPSA) is 60.5 Å². The summed E-state index contributed by atoms with van der Waals surface area (Å²) >= 11 is 3.44. The lowest BCUT2D eigenvalue weighted by molar-refractivity contribution is 0.412. The molecule has 26 heavy (non-hydrogen) atoms. The zero-order chi connectivity index (χ0) is 17.9. The van der Waals surface area contributed by atoms with E-state index in [-0.39, 0.29) is 0 Å². The molecule has 2 aromatic carbocycles. The number of fused-ring (bicyclic) bond motifs is 1. The van der Waals surface area contributed by atoms with Crippen molar-refractivity contribution in [3.05, 3.63) is 71.0 Å². The second-order valence-corrected chi connectivity index (χ2v) is 6.42. The smallest absolute Gasteiger partial charge is 0.228 e. The van der Waals surface area contributed by atoms with Crippen LogP contribution in [-0.2, 0) is 0 Å². The third kappa shape index (κ3) is 3.36. The Morgan fingerprint density at radius 1 is 1.15 bits per heavy atom. The van der Waals surface area contributed by atoms with Crippen molar-refractivity contribution in [1.82, 2.24) is 9.97 Å². The number of benzene rings is 2. The molecule has 4 rings (SSSR count). The third-order valence-corrected chi connectivity index (χ3v) is 4.47. The first kappa shape index (κ1) is 16.5. The second-order valence-electron chi connectivity index (χ2n) is 5.56. The molecule has 0 amide bonds. The van der Waals surface area contributed by atoms with Gasteiger partial charge in [-0.3, -0.25) is 9.98 Å². The van der Waals surface area contributed by atoms with E-state index in [0.717, 1.165) is 32.6 Å².